The molecule has 3 aromatic rings. The maximum absolute atomic E-state index is 10.6. The van der Waals surface area contributed by atoms with Crippen LogP contribution in [0.2, 0.25) is 0 Å². The second kappa shape index (κ2) is 8.54. The molecule has 1 aromatic carbocycles. The van der Waals surface area contributed by atoms with E-state index in [4.69, 9.17) is 14.5 Å². The second-order valence-corrected chi connectivity index (χ2v) is 7.31. The van der Waals surface area contributed by atoms with Gasteiger partial charge < -0.3 is 24.8 Å². The molecule has 0 unspecified atom stereocenters. The lowest BCUT2D eigenvalue weighted by atomic mass is 10.2. The Hall–Kier alpha value is -3.39. The molecule has 4 rings (SSSR count). The number of aliphatic hydroxyl groups is 1. The first-order valence-corrected chi connectivity index (χ1v) is 9.85. The van der Waals surface area contributed by atoms with Crippen LogP contribution in [-0.4, -0.2) is 60.9 Å². The average molecular weight is 408 g/mol. The molecule has 0 atom stereocenters. The molecule has 0 saturated carbocycles. The van der Waals surface area contributed by atoms with Crippen LogP contribution in [0.3, 0.4) is 0 Å². The van der Waals surface area contributed by atoms with E-state index in [-0.39, 0.29) is 5.76 Å². The number of likely N-dealkylation sites (N-methyl/N-ethyl adjacent to an activating group) is 1. The monoisotopic (exact) mass is 408 g/mol. The van der Waals surface area contributed by atoms with Crippen molar-refractivity contribution in [2.45, 2.75) is 6.54 Å². The molecule has 2 aromatic heterocycles. The van der Waals surface area contributed by atoms with Crippen LogP contribution in [0.25, 0.3) is 22.7 Å². The van der Waals surface area contributed by atoms with Gasteiger partial charge in [-0.25, -0.2) is 4.57 Å². The standard InChI is InChI=1S/C22H25N5O3/c1-26(2)11-12-30-18-7-6-16-20(21(18)29-3)25-19(27-10-9-24-22(16)27)13-17(28)15-5-4-8-23-14-15/h4-8,13-14H,9-12H2,1-3H3,(H,24,25,28)/p+1. The number of pyridine rings is 1. The predicted octanol–water partition coefficient (Wildman–Crippen LogP) is 2.35. The normalized spacial score (nSPS) is 13.4. The number of aromatic nitrogens is 3. The minimum absolute atomic E-state index is 0.105. The number of hydrogen-bond acceptors (Lipinski definition) is 7. The van der Waals surface area contributed by atoms with Gasteiger partial charge in [-0.05, 0) is 38.4 Å². The van der Waals surface area contributed by atoms with Crippen LogP contribution in [-0.2, 0) is 6.54 Å². The highest BCUT2D eigenvalue weighted by atomic mass is 16.5. The molecular weight excluding hydrogens is 382 g/mol. The summed E-state index contributed by atoms with van der Waals surface area (Å²) in [6, 6.07) is 7.50. The van der Waals surface area contributed by atoms with Crippen LogP contribution in [0.5, 0.6) is 11.5 Å². The third-order valence-electron chi connectivity index (χ3n) is 4.97. The summed E-state index contributed by atoms with van der Waals surface area (Å²) in [5, 5.41) is 15.0. The SMILES string of the molecule is COc1c(OCCN(C)C)ccc2c3[n+](c(/C=C(\O)c4cccnc4)nc12)CCN3. The Kier molecular flexibility index (Phi) is 5.67. The molecule has 0 aliphatic carbocycles. The van der Waals surface area contributed by atoms with Gasteiger partial charge in [0.05, 0.1) is 25.1 Å². The van der Waals surface area contributed by atoms with Gasteiger partial charge in [0, 0.05) is 24.5 Å². The fourth-order valence-electron chi connectivity index (χ4n) is 3.47. The number of ether oxygens (including phenoxy) is 2. The van der Waals surface area contributed by atoms with E-state index >= 15 is 0 Å². The highest BCUT2D eigenvalue weighted by Crippen LogP contribution is 2.37. The molecule has 30 heavy (non-hydrogen) atoms. The molecule has 0 saturated heterocycles. The summed E-state index contributed by atoms with van der Waals surface area (Å²) < 4.78 is 13.7. The van der Waals surface area contributed by atoms with Crippen LogP contribution in [0.1, 0.15) is 11.4 Å². The van der Waals surface area contributed by atoms with Crippen molar-refractivity contribution in [3.05, 3.63) is 48.0 Å². The number of aliphatic hydroxyl groups excluding tert-OH is 1. The van der Waals surface area contributed by atoms with Crippen molar-refractivity contribution in [1.29, 1.82) is 0 Å². The van der Waals surface area contributed by atoms with E-state index < -0.39 is 0 Å². The number of nitrogens with zero attached hydrogens (tertiary/aromatic N) is 4. The van der Waals surface area contributed by atoms with Crippen LogP contribution in [0, 0.1) is 0 Å². The highest BCUT2D eigenvalue weighted by molar-refractivity contribution is 5.94. The van der Waals surface area contributed by atoms with Crippen molar-refractivity contribution in [2.75, 3.05) is 46.2 Å². The lowest BCUT2D eigenvalue weighted by Gasteiger charge is -2.14. The summed E-state index contributed by atoms with van der Waals surface area (Å²) in [7, 11) is 5.62. The molecule has 0 amide bonds. The van der Waals surface area contributed by atoms with Crippen molar-refractivity contribution in [1.82, 2.24) is 14.9 Å². The lowest BCUT2D eigenvalue weighted by molar-refractivity contribution is -0.674. The Morgan fingerprint density at radius 1 is 1.33 bits per heavy atom. The van der Waals surface area contributed by atoms with Gasteiger partial charge in [0.1, 0.15) is 18.9 Å². The van der Waals surface area contributed by atoms with E-state index in [1.807, 2.05) is 26.2 Å². The van der Waals surface area contributed by atoms with Crippen LogP contribution in [0.15, 0.2) is 36.7 Å². The molecule has 0 spiro atoms. The summed E-state index contributed by atoms with van der Waals surface area (Å²) in [6.07, 6.45) is 4.95. The van der Waals surface area contributed by atoms with E-state index in [2.05, 4.69) is 19.8 Å². The van der Waals surface area contributed by atoms with Gasteiger partial charge in [-0.2, -0.15) is 0 Å². The Morgan fingerprint density at radius 2 is 2.20 bits per heavy atom. The van der Waals surface area contributed by atoms with Crippen LogP contribution < -0.4 is 19.4 Å². The second-order valence-electron chi connectivity index (χ2n) is 7.31. The molecule has 3 heterocycles. The zero-order chi connectivity index (χ0) is 21.1. The number of hydrogen-bond donors (Lipinski definition) is 2. The Morgan fingerprint density at radius 3 is 2.93 bits per heavy atom. The Balaban J connectivity index is 1.81. The van der Waals surface area contributed by atoms with Crippen molar-refractivity contribution in [3.63, 3.8) is 0 Å². The molecule has 0 bridgehead atoms. The number of benzene rings is 1. The summed E-state index contributed by atoms with van der Waals surface area (Å²) in [5.74, 6) is 2.91. The molecule has 1 aliphatic rings. The number of anilines is 1. The highest BCUT2D eigenvalue weighted by Gasteiger charge is 2.28. The van der Waals surface area contributed by atoms with Crippen molar-refractivity contribution in [3.8, 4) is 11.5 Å². The Labute approximate surface area is 175 Å². The van der Waals surface area contributed by atoms with Gasteiger partial charge in [-0.15, -0.1) is 0 Å². The summed E-state index contributed by atoms with van der Waals surface area (Å²) >= 11 is 0. The molecule has 1 aliphatic heterocycles. The topological polar surface area (TPSA) is 83.6 Å². The summed E-state index contributed by atoms with van der Waals surface area (Å²) in [5.41, 5.74) is 1.32. The van der Waals surface area contributed by atoms with Gasteiger partial charge in [-0.3, -0.25) is 4.98 Å². The van der Waals surface area contributed by atoms with Gasteiger partial charge in [0.2, 0.25) is 11.6 Å². The van der Waals surface area contributed by atoms with Gasteiger partial charge >= 0.3 is 0 Å². The van der Waals surface area contributed by atoms with Crippen molar-refractivity contribution in [2.24, 2.45) is 0 Å². The van der Waals surface area contributed by atoms with Gasteiger partial charge in [0.15, 0.2) is 11.3 Å². The third kappa shape index (κ3) is 3.86. The van der Waals surface area contributed by atoms with E-state index in [0.29, 0.717) is 35.0 Å². The maximum atomic E-state index is 10.6. The average Bonchev–Trinajstić information content (AvgIpc) is 3.24. The zero-order valence-electron chi connectivity index (χ0n) is 17.4. The molecule has 8 heteroatoms. The number of rotatable bonds is 7. The van der Waals surface area contributed by atoms with Gasteiger partial charge in [0.25, 0.3) is 5.82 Å². The first-order chi connectivity index (χ1) is 14.6. The lowest BCUT2D eigenvalue weighted by Crippen LogP contribution is -2.36. The largest absolute Gasteiger partial charge is 0.507 e. The first kappa shape index (κ1) is 19.9. The minimum Gasteiger partial charge on any atom is -0.507 e. The Bertz CT molecular complexity index is 1080. The summed E-state index contributed by atoms with van der Waals surface area (Å²) in [4.78, 5) is 11.0. The maximum Gasteiger partial charge on any atom is 0.267 e. The fourth-order valence-corrected chi connectivity index (χ4v) is 3.47. The fraction of sp³-hybridized carbons (Fsp3) is 0.318. The van der Waals surface area contributed by atoms with E-state index in [9.17, 15) is 5.11 Å². The number of methoxy groups -OCH3 is 1. The summed E-state index contributed by atoms with van der Waals surface area (Å²) in [6.45, 7) is 2.89. The van der Waals surface area contributed by atoms with E-state index in [1.165, 1.54) is 0 Å². The molecule has 2 N–H and O–H groups in total. The predicted molar refractivity (Wildman–Crippen MR) is 116 cm³/mol. The number of nitrogens with one attached hydrogen (secondary N) is 1. The quantitative estimate of drug-likeness (QED) is 0.459. The molecule has 156 valence electrons. The van der Waals surface area contributed by atoms with E-state index in [1.54, 1.807) is 37.7 Å². The first-order valence-electron chi connectivity index (χ1n) is 9.85. The smallest absolute Gasteiger partial charge is 0.267 e. The molecular formula is C22H26N5O3+. The molecule has 0 fully saturated rings. The molecule has 0 radical (unpaired) electrons. The third-order valence-corrected chi connectivity index (χ3v) is 4.97. The molecule has 8 nitrogen and oxygen atoms in total. The van der Waals surface area contributed by atoms with Crippen LogP contribution in [0.4, 0.5) is 5.82 Å². The van der Waals surface area contributed by atoms with Crippen molar-refractivity contribution >= 4 is 28.6 Å². The van der Waals surface area contributed by atoms with E-state index in [0.717, 1.165) is 30.8 Å². The minimum atomic E-state index is 0.105. The van der Waals surface area contributed by atoms with Crippen LogP contribution >= 0.6 is 0 Å². The number of fused-ring (bicyclic) bond motifs is 3. The van der Waals surface area contributed by atoms with Gasteiger partial charge in [-0.1, -0.05) is 4.98 Å². The van der Waals surface area contributed by atoms with Crippen molar-refractivity contribution < 1.29 is 19.1 Å². The zero-order valence-corrected chi connectivity index (χ0v) is 17.4.